The lowest BCUT2D eigenvalue weighted by Gasteiger charge is -2.21. The molecule has 0 saturated carbocycles. The fourth-order valence-corrected chi connectivity index (χ4v) is 4.83. The van der Waals surface area contributed by atoms with Gasteiger partial charge in [0.05, 0.1) is 17.3 Å². The summed E-state index contributed by atoms with van der Waals surface area (Å²) in [7, 11) is 0. The van der Waals surface area contributed by atoms with Gasteiger partial charge in [-0.1, -0.05) is 67.1 Å². The molecule has 0 N–H and O–H groups in total. The van der Waals surface area contributed by atoms with E-state index in [0.29, 0.717) is 22.7 Å². The van der Waals surface area contributed by atoms with Gasteiger partial charge in [0.25, 0.3) is 0 Å². The van der Waals surface area contributed by atoms with Crippen LogP contribution in [0.4, 0.5) is 4.39 Å². The lowest BCUT2D eigenvalue weighted by atomic mass is 9.89. The number of halogens is 2. The number of hydrogen-bond donors (Lipinski definition) is 0. The molecule has 0 saturated heterocycles. The van der Waals surface area contributed by atoms with Crippen LogP contribution in [0, 0.1) is 12.7 Å². The van der Waals surface area contributed by atoms with Crippen molar-refractivity contribution in [3.63, 3.8) is 0 Å². The number of rotatable bonds is 4. The fraction of sp³-hybridized carbons (Fsp3) is 0.179. The summed E-state index contributed by atoms with van der Waals surface area (Å²) >= 11 is 6.38. The maximum Gasteiger partial charge on any atom is 0.242 e. The quantitative estimate of drug-likeness (QED) is 0.319. The lowest BCUT2D eigenvalue weighted by molar-refractivity contribution is -0.132. The molecule has 0 bridgehead atoms. The monoisotopic (exact) mass is 471 g/mol. The molecule has 170 valence electrons. The summed E-state index contributed by atoms with van der Waals surface area (Å²) < 4.78 is 14.8. The zero-order valence-electron chi connectivity index (χ0n) is 18.9. The van der Waals surface area contributed by atoms with E-state index in [1.807, 2.05) is 55.5 Å². The number of aryl methyl sites for hydroxylation is 1. The number of aromatic nitrogens is 1. The maximum absolute atomic E-state index is 14.8. The molecule has 2 heterocycles. The largest absolute Gasteiger partial charge is 0.273 e. The molecule has 0 fully saturated rings. The van der Waals surface area contributed by atoms with Gasteiger partial charge in [0.15, 0.2) is 0 Å². The summed E-state index contributed by atoms with van der Waals surface area (Å²) in [5.41, 5.74) is 5.61. The van der Waals surface area contributed by atoms with Crippen LogP contribution in [0.1, 0.15) is 42.6 Å². The summed E-state index contributed by atoms with van der Waals surface area (Å²) in [6.45, 7) is 3.73. The number of hydrogen-bond acceptors (Lipinski definition) is 3. The number of pyridine rings is 1. The van der Waals surface area contributed by atoms with Crippen molar-refractivity contribution in [3.8, 4) is 11.1 Å². The van der Waals surface area contributed by atoms with E-state index < -0.39 is 6.04 Å². The van der Waals surface area contributed by atoms with E-state index in [-0.39, 0.29) is 18.1 Å². The fourth-order valence-electron chi connectivity index (χ4n) is 4.66. The van der Waals surface area contributed by atoms with Gasteiger partial charge in [-0.05, 0) is 36.8 Å². The minimum atomic E-state index is -0.512. The molecule has 0 radical (unpaired) electrons. The predicted octanol–water partition coefficient (Wildman–Crippen LogP) is 7.09. The molecule has 34 heavy (non-hydrogen) atoms. The Hall–Kier alpha value is -3.57. The first-order valence-electron chi connectivity index (χ1n) is 11.3. The highest BCUT2D eigenvalue weighted by atomic mass is 35.5. The van der Waals surface area contributed by atoms with Gasteiger partial charge in [0.1, 0.15) is 5.82 Å². The van der Waals surface area contributed by atoms with Crippen LogP contribution in [0.3, 0.4) is 0 Å². The molecule has 1 aliphatic rings. The molecule has 0 aliphatic carbocycles. The van der Waals surface area contributed by atoms with Crippen molar-refractivity contribution in [1.82, 2.24) is 9.99 Å². The van der Waals surface area contributed by atoms with Crippen molar-refractivity contribution in [1.29, 1.82) is 0 Å². The SMILES string of the molecule is CCC(=O)N1N=C(c2c(C)nc3ccc(Cl)cc3c2-c2ccccc2)C[C@H]1c1ccccc1F. The summed E-state index contributed by atoms with van der Waals surface area (Å²) in [6, 6.07) is 21.7. The van der Waals surface area contributed by atoms with Crippen LogP contribution >= 0.6 is 11.6 Å². The smallest absolute Gasteiger partial charge is 0.242 e. The Balaban J connectivity index is 1.75. The third-order valence-electron chi connectivity index (χ3n) is 6.21. The third kappa shape index (κ3) is 3.86. The lowest BCUT2D eigenvalue weighted by Crippen LogP contribution is -2.26. The van der Waals surface area contributed by atoms with Gasteiger partial charge in [0, 0.05) is 45.6 Å². The van der Waals surface area contributed by atoms with Crippen LogP contribution in [-0.4, -0.2) is 21.6 Å². The highest BCUT2D eigenvalue weighted by Gasteiger charge is 2.35. The minimum Gasteiger partial charge on any atom is -0.273 e. The van der Waals surface area contributed by atoms with Crippen molar-refractivity contribution >= 4 is 34.1 Å². The number of benzene rings is 3. The first-order chi connectivity index (χ1) is 16.5. The molecular formula is C28H23ClFN3O. The van der Waals surface area contributed by atoms with E-state index in [2.05, 4.69) is 0 Å². The molecular weight excluding hydrogens is 449 g/mol. The van der Waals surface area contributed by atoms with Crippen LogP contribution in [-0.2, 0) is 4.79 Å². The number of carbonyl (C=O) groups excluding carboxylic acids is 1. The number of fused-ring (bicyclic) bond motifs is 1. The van der Waals surface area contributed by atoms with Gasteiger partial charge in [-0.3, -0.25) is 9.78 Å². The van der Waals surface area contributed by atoms with Crippen LogP contribution in [0.2, 0.25) is 5.02 Å². The van der Waals surface area contributed by atoms with E-state index in [0.717, 1.165) is 33.3 Å². The van der Waals surface area contributed by atoms with E-state index in [1.54, 1.807) is 25.1 Å². The van der Waals surface area contributed by atoms with Gasteiger partial charge in [-0.15, -0.1) is 0 Å². The van der Waals surface area contributed by atoms with Gasteiger partial charge in [-0.2, -0.15) is 5.10 Å². The average molecular weight is 472 g/mol. The van der Waals surface area contributed by atoms with E-state index >= 15 is 0 Å². The van der Waals surface area contributed by atoms with Gasteiger partial charge < -0.3 is 0 Å². The topological polar surface area (TPSA) is 45.6 Å². The van der Waals surface area contributed by atoms with Crippen LogP contribution in [0.25, 0.3) is 22.0 Å². The van der Waals surface area contributed by atoms with Crippen LogP contribution < -0.4 is 0 Å². The Morgan fingerprint density at radius 2 is 1.79 bits per heavy atom. The molecule has 1 aromatic heterocycles. The molecule has 6 heteroatoms. The van der Waals surface area contributed by atoms with E-state index in [4.69, 9.17) is 21.7 Å². The van der Waals surface area contributed by atoms with Gasteiger partial charge in [0.2, 0.25) is 5.91 Å². The average Bonchev–Trinajstić information content (AvgIpc) is 3.28. The second-order valence-corrected chi connectivity index (χ2v) is 8.79. The normalized spacial score (nSPS) is 15.6. The second kappa shape index (κ2) is 8.99. The number of nitrogens with zero attached hydrogens (tertiary/aromatic N) is 3. The van der Waals surface area contributed by atoms with Crippen molar-refractivity contribution in [3.05, 3.63) is 100 Å². The minimum absolute atomic E-state index is 0.154. The molecule has 3 aromatic carbocycles. The highest BCUT2D eigenvalue weighted by Crippen LogP contribution is 2.40. The van der Waals surface area contributed by atoms with E-state index in [9.17, 15) is 9.18 Å². The Bertz CT molecular complexity index is 1430. The van der Waals surface area contributed by atoms with Gasteiger partial charge >= 0.3 is 0 Å². The van der Waals surface area contributed by atoms with Crippen molar-refractivity contribution in [2.24, 2.45) is 5.10 Å². The Morgan fingerprint density at radius 3 is 2.53 bits per heavy atom. The Kier molecular flexibility index (Phi) is 5.88. The standard InChI is InChI=1S/C28H23ClFN3O/c1-3-26(34)33-25(20-11-7-8-12-22(20)30)16-24(32-33)27-17(2)31-23-14-13-19(29)15-21(23)28(27)18-9-5-4-6-10-18/h4-15,25H,3,16H2,1-2H3/t25-/m0/s1. The molecule has 1 atom stereocenters. The number of amides is 1. The van der Waals surface area contributed by atoms with Crippen LogP contribution in [0.15, 0.2) is 77.9 Å². The zero-order valence-corrected chi connectivity index (χ0v) is 19.7. The summed E-state index contributed by atoms with van der Waals surface area (Å²) in [6.07, 6.45) is 0.666. The van der Waals surface area contributed by atoms with Gasteiger partial charge in [-0.25, -0.2) is 9.40 Å². The van der Waals surface area contributed by atoms with Crippen LogP contribution in [0.5, 0.6) is 0 Å². The molecule has 4 aromatic rings. The second-order valence-electron chi connectivity index (χ2n) is 8.35. The van der Waals surface area contributed by atoms with E-state index in [1.165, 1.54) is 11.1 Å². The zero-order chi connectivity index (χ0) is 23.8. The Morgan fingerprint density at radius 1 is 1.06 bits per heavy atom. The summed E-state index contributed by atoms with van der Waals surface area (Å²) in [5, 5.41) is 7.72. The first kappa shape index (κ1) is 22.2. The molecule has 1 amide bonds. The molecule has 0 unspecified atom stereocenters. The predicted molar refractivity (Wildman–Crippen MR) is 134 cm³/mol. The molecule has 4 nitrogen and oxygen atoms in total. The number of carbonyl (C=O) groups is 1. The van der Waals surface area contributed by atoms with Crippen molar-refractivity contribution in [2.45, 2.75) is 32.7 Å². The maximum atomic E-state index is 14.8. The van der Waals surface area contributed by atoms with Crippen molar-refractivity contribution in [2.75, 3.05) is 0 Å². The first-order valence-corrected chi connectivity index (χ1v) is 11.6. The highest BCUT2D eigenvalue weighted by molar-refractivity contribution is 6.31. The molecule has 0 spiro atoms. The third-order valence-corrected chi connectivity index (χ3v) is 6.45. The number of hydrazone groups is 1. The summed E-state index contributed by atoms with van der Waals surface area (Å²) in [5.74, 6) is -0.500. The molecule has 1 aliphatic heterocycles. The summed E-state index contributed by atoms with van der Waals surface area (Å²) in [4.78, 5) is 17.7. The molecule has 5 rings (SSSR count). The Labute approximate surface area is 202 Å². The van der Waals surface area contributed by atoms with Crippen molar-refractivity contribution < 1.29 is 9.18 Å².